The number of para-hydroxylation sites is 1. The average molecular weight is 379 g/mol. The second-order valence-electron chi connectivity index (χ2n) is 8.01. The number of hydrogen-bond acceptors (Lipinski definition) is 5. The van der Waals surface area contributed by atoms with E-state index in [4.69, 9.17) is 9.47 Å². The molecule has 1 aliphatic carbocycles. The highest BCUT2D eigenvalue weighted by molar-refractivity contribution is 5.94. The summed E-state index contributed by atoms with van der Waals surface area (Å²) in [6, 6.07) is 12.1. The summed E-state index contributed by atoms with van der Waals surface area (Å²) in [5, 5.41) is 3.04. The average Bonchev–Trinajstić information content (AvgIpc) is 3.47. The number of likely N-dealkylation sites (tertiary alicyclic amines) is 1. The Morgan fingerprint density at radius 1 is 1.29 bits per heavy atom. The van der Waals surface area contributed by atoms with Crippen LogP contribution in [0, 0.1) is 17.8 Å². The van der Waals surface area contributed by atoms with Gasteiger partial charge in [-0.25, -0.2) is 4.98 Å². The van der Waals surface area contributed by atoms with Crippen molar-refractivity contribution in [1.29, 1.82) is 0 Å². The first-order valence-corrected chi connectivity index (χ1v) is 10.00. The second-order valence-corrected chi connectivity index (χ2v) is 8.01. The Bertz CT molecular complexity index is 883. The molecule has 6 nitrogen and oxygen atoms in total. The van der Waals surface area contributed by atoms with Crippen molar-refractivity contribution in [1.82, 2.24) is 9.88 Å². The Labute approximate surface area is 164 Å². The minimum atomic E-state index is -0.123. The molecule has 0 unspecified atom stereocenters. The Morgan fingerprint density at radius 2 is 2.14 bits per heavy atom. The van der Waals surface area contributed by atoms with E-state index in [9.17, 15) is 4.79 Å². The molecule has 2 fully saturated rings. The van der Waals surface area contributed by atoms with Crippen LogP contribution < -0.4 is 14.8 Å². The number of carbonyl (C=O) groups is 1. The zero-order chi connectivity index (χ0) is 19.1. The van der Waals surface area contributed by atoms with Crippen molar-refractivity contribution in [3.63, 3.8) is 0 Å². The van der Waals surface area contributed by atoms with E-state index < -0.39 is 0 Å². The number of amides is 1. The van der Waals surface area contributed by atoms with Crippen LogP contribution in [0.4, 0.5) is 5.69 Å². The monoisotopic (exact) mass is 379 g/mol. The molecule has 0 radical (unpaired) electrons. The third-order valence-electron chi connectivity index (χ3n) is 6.16. The number of aromatic nitrogens is 1. The summed E-state index contributed by atoms with van der Waals surface area (Å²) < 4.78 is 11.3. The van der Waals surface area contributed by atoms with Gasteiger partial charge in [-0.3, -0.25) is 9.69 Å². The third kappa shape index (κ3) is 3.11. The van der Waals surface area contributed by atoms with Crippen molar-refractivity contribution < 1.29 is 14.3 Å². The molecule has 5 rings (SSSR count). The van der Waals surface area contributed by atoms with E-state index in [0.29, 0.717) is 18.2 Å². The van der Waals surface area contributed by atoms with Crippen molar-refractivity contribution in [3.05, 3.63) is 48.2 Å². The van der Waals surface area contributed by atoms with Crippen LogP contribution in [0.1, 0.15) is 24.4 Å². The lowest BCUT2D eigenvalue weighted by molar-refractivity contribution is -0.121. The normalized spacial score (nSPS) is 26.1. The standard InChI is InChI=1S/C22H25N3O3/c1-27-22-18(6-4-10-23-22)24-21(26)16-12-25(11-14-8-9-14)20-15-5-2-3-7-19(15)28-13-17(16)20/h2-7,10,14,16-17,20H,8-9,11-13H2,1H3,(H,24,26)/t16-,17+,20+/m1/s1. The van der Waals surface area contributed by atoms with Gasteiger partial charge in [0.25, 0.3) is 0 Å². The van der Waals surface area contributed by atoms with Crippen LogP contribution in [0.3, 0.4) is 0 Å². The number of methoxy groups -OCH3 is 1. The van der Waals surface area contributed by atoms with E-state index >= 15 is 0 Å². The van der Waals surface area contributed by atoms with Gasteiger partial charge in [-0.15, -0.1) is 0 Å². The predicted octanol–water partition coefficient (Wildman–Crippen LogP) is 3.12. The number of nitrogens with zero attached hydrogens (tertiary/aromatic N) is 2. The molecular formula is C22H25N3O3. The molecule has 1 aromatic heterocycles. The summed E-state index contributed by atoms with van der Waals surface area (Å²) in [5.74, 6) is 2.21. The second kappa shape index (κ2) is 7.09. The van der Waals surface area contributed by atoms with Crippen molar-refractivity contribution in [2.75, 3.05) is 32.1 Å². The largest absolute Gasteiger partial charge is 0.493 e. The van der Waals surface area contributed by atoms with Gasteiger partial charge < -0.3 is 14.8 Å². The summed E-state index contributed by atoms with van der Waals surface area (Å²) in [5.41, 5.74) is 1.83. The Balaban J connectivity index is 1.42. The van der Waals surface area contributed by atoms with Crippen LogP contribution in [-0.4, -0.2) is 42.6 Å². The van der Waals surface area contributed by atoms with Gasteiger partial charge in [-0.1, -0.05) is 18.2 Å². The van der Waals surface area contributed by atoms with Gasteiger partial charge in [-0.05, 0) is 37.0 Å². The SMILES string of the molecule is COc1ncccc1NC(=O)[C@@H]1CN(CC2CC2)[C@H]2c3ccccc3OC[C@@H]12. The molecule has 1 amide bonds. The van der Waals surface area contributed by atoms with Crippen molar-refractivity contribution in [3.8, 4) is 11.6 Å². The minimum absolute atomic E-state index is 0.0163. The van der Waals surface area contributed by atoms with Crippen molar-refractivity contribution in [2.24, 2.45) is 17.8 Å². The fourth-order valence-electron chi connectivity index (χ4n) is 4.64. The van der Waals surface area contributed by atoms with Crippen LogP contribution in [-0.2, 0) is 4.79 Å². The molecule has 3 heterocycles. The quantitative estimate of drug-likeness (QED) is 0.865. The molecule has 2 aromatic rings. The van der Waals surface area contributed by atoms with Gasteiger partial charge in [0.15, 0.2) is 0 Å². The molecular weight excluding hydrogens is 354 g/mol. The van der Waals surface area contributed by atoms with Crippen LogP contribution in [0.15, 0.2) is 42.6 Å². The predicted molar refractivity (Wildman–Crippen MR) is 105 cm³/mol. The molecule has 28 heavy (non-hydrogen) atoms. The van der Waals surface area contributed by atoms with Crippen molar-refractivity contribution >= 4 is 11.6 Å². The topological polar surface area (TPSA) is 63.7 Å². The summed E-state index contributed by atoms with van der Waals surface area (Å²) >= 11 is 0. The third-order valence-corrected chi connectivity index (χ3v) is 6.16. The van der Waals surface area contributed by atoms with Crippen LogP contribution in [0.25, 0.3) is 0 Å². The maximum absolute atomic E-state index is 13.2. The van der Waals surface area contributed by atoms with E-state index in [1.807, 2.05) is 18.2 Å². The number of benzene rings is 1. The van der Waals surface area contributed by atoms with Gasteiger partial charge in [-0.2, -0.15) is 0 Å². The van der Waals surface area contributed by atoms with E-state index in [2.05, 4.69) is 27.3 Å². The lowest BCUT2D eigenvalue weighted by atomic mass is 9.85. The summed E-state index contributed by atoms with van der Waals surface area (Å²) in [7, 11) is 1.56. The Morgan fingerprint density at radius 3 is 2.96 bits per heavy atom. The summed E-state index contributed by atoms with van der Waals surface area (Å²) in [6.45, 7) is 2.40. The summed E-state index contributed by atoms with van der Waals surface area (Å²) in [4.78, 5) is 19.9. The first-order chi connectivity index (χ1) is 13.7. The number of nitrogens with one attached hydrogen (secondary N) is 1. The smallest absolute Gasteiger partial charge is 0.237 e. The van der Waals surface area contributed by atoms with E-state index in [-0.39, 0.29) is 23.8 Å². The molecule has 0 bridgehead atoms. The van der Waals surface area contributed by atoms with Gasteiger partial charge in [0.1, 0.15) is 11.4 Å². The molecule has 3 atom stereocenters. The lowest BCUT2D eigenvalue weighted by Crippen LogP contribution is -2.35. The van der Waals surface area contributed by atoms with E-state index in [1.54, 1.807) is 19.4 Å². The number of pyridine rings is 1. The number of anilines is 1. The lowest BCUT2D eigenvalue weighted by Gasteiger charge is -2.34. The van der Waals surface area contributed by atoms with Crippen LogP contribution >= 0.6 is 0 Å². The first kappa shape index (κ1) is 17.5. The molecule has 6 heteroatoms. The molecule has 1 saturated heterocycles. The highest BCUT2D eigenvalue weighted by Gasteiger charge is 2.49. The maximum Gasteiger partial charge on any atom is 0.237 e. The molecule has 2 aliphatic heterocycles. The van der Waals surface area contributed by atoms with Crippen LogP contribution in [0.5, 0.6) is 11.6 Å². The number of rotatable bonds is 5. The Kier molecular flexibility index (Phi) is 4.43. The first-order valence-electron chi connectivity index (χ1n) is 10.00. The maximum atomic E-state index is 13.2. The molecule has 3 aliphatic rings. The van der Waals surface area contributed by atoms with Crippen molar-refractivity contribution in [2.45, 2.75) is 18.9 Å². The molecule has 0 spiro atoms. The fourth-order valence-corrected chi connectivity index (χ4v) is 4.64. The van der Waals surface area contributed by atoms with Crippen LogP contribution in [0.2, 0.25) is 0 Å². The zero-order valence-corrected chi connectivity index (χ0v) is 16.0. The minimum Gasteiger partial charge on any atom is -0.493 e. The van der Waals surface area contributed by atoms with E-state index in [1.165, 1.54) is 18.4 Å². The highest BCUT2D eigenvalue weighted by Crippen LogP contribution is 2.49. The van der Waals surface area contributed by atoms with Gasteiger partial charge in [0.2, 0.25) is 11.8 Å². The zero-order valence-electron chi connectivity index (χ0n) is 16.0. The number of carbonyl (C=O) groups excluding carboxylic acids is 1. The molecule has 1 aromatic carbocycles. The van der Waals surface area contributed by atoms with Gasteiger partial charge >= 0.3 is 0 Å². The number of hydrogen-bond donors (Lipinski definition) is 1. The molecule has 1 N–H and O–H groups in total. The van der Waals surface area contributed by atoms with E-state index in [0.717, 1.165) is 24.8 Å². The number of fused-ring (bicyclic) bond motifs is 3. The summed E-state index contributed by atoms with van der Waals surface area (Å²) in [6.07, 6.45) is 4.26. The molecule has 1 saturated carbocycles. The Hall–Kier alpha value is -2.60. The fraction of sp³-hybridized carbons (Fsp3) is 0.455. The number of ether oxygens (including phenoxy) is 2. The van der Waals surface area contributed by atoms with Gasteiger partial charge in [0.05, 0.1) is 19.6 Å². The van der Waals surface area contributed by atoms with Gasteiger partial charge in [0, 0.05) is 36.8 Å². The molecule has 146 valence electrons. The highest BCUT2D eigenvalue weighted by atomic mass is 16.5.